The van der Waals surface area contributed by atoms with Gasteiger partial charge >= 0.3 is 0 Å². The standard InChI is InChI=1S/C20H26N4O/c21-13-20(9-3-10-20)18-4-1-2-11-24(18)19(25)16-7-5-15(6-8-16)17-12-22-14-23-17/h5-8,12,14,18H,1-4,9-11,13,21H2,(H,22,23). The summed E-state index contributed by atoms with van der Waals surface area (Å²) >= 11 is 0. The van der Waals surface area contributed by atoms with E-state index in [-0.39, 0.29) is 11.3 Å². The number of nitrogens with zero attached hydrogens (tertiary/aromatic N) is 2. The van der Waals surface area contributed by atoms with Gasteiger partial charge in [0.2, 0.25) is 0 Å². The summed E-state index contributed by atoms with van der Waals surface area (Å²) in [5.41, 5.74) is 9.06. The maximum Gasteiger partial charge on any atom is 0.254 e. The molecule has 2 fully saturated rings. The summed E-state index contributed by atoms with van der Waals surface area (Å²) in [6.07, 6.45) is 10.4. The third-order valence-electron chi connectivity index (χ3n) is 6.17. The maximum atomic E-state index is 13.2. The number of piperidine rings is 1. The van der Waals surface area contributed by atoms with Gasteiger partial charge in [0.1, 0.15) is 0 Å². The Kier molecular flexibility index (Phi) is 4.34. The van der Waals surface area contributed by atoms with Crippen molar-refractivity contribution in [3.8, 4) is 11.3 Å². The second-order valence-electron chi connectivity index (χ2n) is 7.47. The van der Waals surface area contributed by atoms with Crippen LogP contribution in [0.15, 0.2) is 36.8 Å². The van der Waals surface area contributed by atoms with E-state index in [4.69, 9.17) is 5.73 Å². The highest BCUT2D eigenvalue weighted by molar-refractivity contribution is 5.95. The van der Waals surface area contributed by atoms with Crippen molar-refractivity contribution in [2.45, 2.75) is 44.6 Å². The second-order valence-corrected chi connectivity index (χ2v) is 7.47. The number of hydrogen-bond acceptors (Lipinski definition) is 3. The number of imidazole rings is 1. The van der Waals surface area contributed by atoms with Crippen LogP contribution in [0.3, 0.4) is 0 Å². The maximum absolute atomic E-state index is 13.2. The van der Waals surface area contributed by atoms with E-state index in [0.29, 0.717) is 12.6 Å². The van der Waals surface area contributed by atoms with Crippen LogP contribution in [0.25, 0.3) is 11.3 Å². The van der Waals surface area contributed by atoms with E-state index in [2.05, 4.69) is 14.9 Å². The lowest BCUT2D eigenvalue weighted by molar-refractivity contribution is -0.00876. The fourth-order valence-corrected chi connectivity index (χ4v) is 4.49. The Morgan fingerprint density at radius 3 is 2.64 bits per heavy atom. The van der Waals surface area contributed by atoms with E-state index in [0.717, 1.165) is 49.0 Å². The van der Waals surface area contributed by atoms with E-state index < -0.39 is 0 Å². The predicted molar refractivity (Wildman–Crippen MR) is 98.0 cm³/mol. The molecule has 1 aromatic carbocycles. The van der Waals surface area contributed by atoms with E-state index in [1.165, 1.54) is 12.8 Å². The first-order valence-corrected chi connectivity index (χ1v) is 9.33. The van der Waals surface area contributed by atoms with Crippen molar-refractivity contribution in [3.63, 3.8) is 0 Å². The summed E-state index contributed by atoms with van der Waals surface area (Å²) in [7, 11) is 0. The summed E-state index contributed by atoms with van der Waals surface area (Å²) in [6, 6.07) is 8.14. The van der Waals surface area contributed by atoms with Crippen molar-refractivity contribution in [1.29, 1.82) is 0 Å². The monoisotopic (exact) mass is 338 g/mol. The van der Waals surface area contributed by atoms with Gasteiger partial charge in [0.15, 0.2) is 0 Å². The zero-order chi connectivity index (χ0) is 17.3. The van der Waals surface area contributed by atoms with Crippen LogP contribution >= 0.6 is 0 Å². The molecule has 2 aromatic rings. The average molecular weight is 338 g/mol. The minimum atomic E-state index is 0.153. The molecular weight excluding hydrogens is 312 g/mol. The molecule has 1 unspecified atom stereocenters. The molecule has 5 heteroatoms. The first kappa shape index (κ1) is 16.3. The normalized spacial score (nSPS) is 22.4. The summed E-state index contributed by atoms with van der Waals surface area (Å²) < 4.78 is 0. The third kappa shape index (κ3) is 2.86. The number of benzene rings is 1. The van der Waals surface area contributed by atoms with Crippen molar-refractivity contribution in [3.05, 3.63) is 42.4 Å². The van der Waals surface area contributed by atoms with Crippen molar-refractivity contribution >= 4 is 5.91 Å². The molecular formula is C20H26N4O. The number of H-pyrrole nitrogens is 1. The smallest absolute Gasteiger partial charge is 0.254 e. The van der Waals surface area contributed by atoms with Crippen LogP contribution < -0.4 is 5.73 Å². The molecule has 3 N–H and O–H groups in total. The Bertz CT molecular complexity index is 713. The Balaban J connectivity index is 1.56. The van der Waals surface area contributed by atoms with Crippen LogP contribution in [0.1, 0.15) is 48.9 Å². The van der Waals surface area contributed by atoms with Gasteiger partial charge in [0, 0.05) is 23.6 Å². The summed E-state index contributed by atoms with van der Waals surface area (Å²) in [5.74, 6) is 0.153. The Hall–Kier alpha value is -2.14. The van der Waals surface area contributed by atoms with Crippen molar-refractivity contribution in [1.82, 2.24) is 14.9 Å². The average Bonchev–Trinajstić information content (AvgIpc) is 3.16. The van der Waals surface area contributed by atoms with Gasteiger partial charge in [-0.2, -0.15) is 0 Å². The molecule has 132 valence electrons. The summed E-state index contributed by atoms with van der Waals surface area (Å²) in [5, 5.41) is 0. The van der Waals surface area contributed by atoms with Crippen LogP contribution in [0, 0.1) is 5.41 Å². The van der Waals surface area contributed by atoms with Crippen LogP contribution in [-0.4, -0.2) is 39.9 Å². The topological polar surface area (TPSA) is 75.0 Å². The molecule has 5 nitrogen and oxygen atoms in total. The van der Waals surface area contributed by atoms with E-state index >= 15 is 0 Å². The minimum absolute atomic E-state index is 0.153. The fourth-order valence-electron chi connectivity index (χ4n) is 4.49. The number of likely N-dealkylation sites (tertiary alicyclic amines) is 1. The van der Waals surface area contributed by atoms with Gasteiger partial charge < -0.3 is 15.6 Å². The Morgan fingerprint density at radius 1 is 1.24 bits per heavy atom. The molecule has 0 bridgehead atoms. The van der Waals surface area contributed by atoms with Crippen molar-refractivity contribution in [2.75, 3.05) is 13.1 Å². The predicted octanol–water partition coefficient (Wildman–Crippen LogP) is 3.20. The number of carbonyl (C=O) groups is 1. The molecule has 0 spiro atoms. The van der Waals surface area contributed by atoms with E-state index in [1.54, 1.807) is 12.5 Å². The molecule has 1 atom stereocenters. The van der Waals surface area contributed by atoms with Crippen LogP contribution in [0.5, 0.6) is 0 Å². The van der Waals surface area contributed by atoms with Gasteiger partial charge in [-0.3, -0.25) is 4.79 Å². The number of nitrogens with two attached hydrogens (primary N) is 1. The van der Waals surface area contributed by atoms with Gasteiger partial charge in [-0.15, -0.1) is 0 Å². The van der Waals surface area contributed by atoms with Crippen LogP contribution in [0.2, 0.25) is 0 Å². The first-order valence-electron chi connectivity index (χ1n) is 9.33. The molecule has 4 rings (SSSR count). The van der Waals surface area contributed by atoms with Gasteiger partial charge in [-0.05, 0) is 56.3 Å². The fraction of sp³-hybridized carbons (Fsp3) is 0.500. The lowest BCUT2D eigenvalue weighted by Crippen LogP contribution is -2.58. The number of amides is 1. The SMILES string of the molecule is NCC1(C2CCCCN2C(=O)c2ccc(-c3cnc[nH]3)cc2)CCC1. The highest BCUT2D eigenvalue weighted by Crippen LogP contribution is 2.47. The molecule has 2 heterocycles. The molecule has 1 amide bonds. The Morgan fingerprint density at radius 2 is 2.04 bits per heavy atom. The largest absolute Gasteiger partial charge is 0.345 e. The highest BCUT2D eigenvalue weighted by Gasteiger charge is 2.47. The molecule has 25 heavy (non-hydrogen) atoms. The lowest BCUT2D eigenvalue weighted by atomic mass is 9.61. The summed E-state index contributed by atoms with van der Waals surface area (Å²) in [4.78, 5) is 22.4. The van der Waals surface area contributed by atoms with E-state index in [1.807, 2.05) is 24.3 Å². The molecule has 0 radical (unpaired) electrons. The van der Waals surface area contributed by atoms with Crippen molar-refractivity contribution in [2.24, 2.45) is 11.1 Å². The minimum Gasteiger partial charge on any atom is -0.345 e. The van der Waals surface area contributed by atoms with Gasteiger partial charge in [0.25, 0.3) is 5.91 Å². The van der Waals surface area contributed by atoms with Gasteiger partial charge in [-0.25, -0.2) is 4.98 Å². The molecule has 1 aliphatic heterocycles. The van der Waals surface area contributed by atoms with Gasteiger partial charge in [-0.1, -0.05) is 18.6 Å². The van der Waals surface area contributed by atoms with Gasteiger partial charge in [0.05, 0.1) is 18.2 Å². The number of rotatable bonds is 4. The highest BCUT2D eigenvalue weighted by atomic mass is 16.2. The first-order chi connectivity index (χ1) is 12.2. The number of hydrogen-bond donors (Lipinski definition) is 2. The molecule has 1 aromatic heterocycles. The quantitative estimate of drug-likeness (QED) is 0.899. The zero-order valence-electron chi connectivity index (χ0n) is 14.6. The van der Waals surface area contributed by atoms with Crippen LogP contribution in [-0.2, 0) is 0 Å². The number of aromatic amines is 1. The third-order valence-corrected chi connectivity index (χ3v) is 6.17. The zero-order valence-corrected chi connectivity index (χ0v) is 14.6. The molecule has 1 saturated carbocycles. The van der Waals surface area contributed by atoms with Crippen molar-refractivity contribution < 1.29 is 4.79 Å². The lowest BCUT2D eigenvalue weighted by Gasteiger charge is -2.53. The number of aromatic nitrogens is 2. The second kappa shape index (κ2) is 6.64. The molecule has 1 aliphatic carbocycles. The number of nitrogens with one attached hydrogen (secondary N) is 1. The summed E-state index contributed by atoms with van der Waals surface area (Å²) in [6.45, 7) is 1.55. The van der Waals surface area contributed by atoms with Crippen LogP contribution in [0.4, 0.5) is 0 Å². The van der Waals surface area contributed by atoms with E-state index in [9.17, 15) is 4.79 Å². The Labute approximate surface area is 148 Å². The molecule has 2 aliphatic rings. The number of carbonyl (C=O) groups excluding carboxylic acids is 1. The molecule has 1 saturated heterocycles.